The largest absolute Gasteiger partial charge is 0.471 e. The number of benzene rings is 2. The Kier molecular flexibility index (Phi) is 5.83. The topological polar surface area (TPSA) is 60.9 Å². The van der Waals surface area contributed by atoms with Gasteiger partial charge < -0.3 is 9.80 Å². The molecule has 2 aromatic carbocycles. The molecule has 1 heterocycles. The van der Waals surface area contributed by atoms with E-state index in [0.29, 0.717) is 4.90 Å². The predicted molar refractivity (Wildman–Crippen MR) is 106 cm³/mol. The summed E-state index contributed by atoms with van der Waals surface area (Å²) in [7, 11) is -0.522. The maximum atomic E-state index is 13.2. The van der Waals surface area contributed by atoms with Crippen LogP contribution in [-0.4, -0.2) is 56.9 Å². The van der Waals surface area contributed by atoms with Gasteiger partial charge in [0.05, 0.1) is 4.90 Å². The van der Waals surface area contributed by atoms with Gasteiger partial charge in [-0.2, -0.15) is 17.5 Å². The zero-order valence-corrected chi connectivity index (χ0v) is 17.5. The maximum absolute atomic E-state index is 13.2. The number of rotatable bonds is 4. The molecule has 0 saturated carbocycles. The van der Waals surface area contributed by atoms with E-state index >= 15 is 0 Å². The van der Waals surface area contributed by atoms with Crippen molar-refractivity contribution in [1.29, 1.82) is 0 Å². The van der Waals surface area contributed by atoms with Gasteiger partial charge in [0.2, 0.25) is 10.0 Å². The number of nitrogens with zero attached hydrogens (tertiary/aromatic N) is 3. The van der Waals surface area contributed by atoms with E-state index in [1.807, 2.05) is 0 Å². The highest BCUT2D eigenvalue weighted by Crippen LogP contribution is 2.38. The molecular weight excluding hydrogens is 419 g/mol. The maximum Gasteiger partial charge on any atom is 0.471 e. The zero-order valence-electron chi connectivity index (χ0n) is 16.7. The molecule has 0 aromatic heterocycles. The number of sulfonamides is 1. The number of aryl methyl sites for hydroxylation is 1. The Morgan fingerprint density at radius 1 is 1.00 bits per heavy atom. The molecule has 1 fully saturated rings. The van der Waals surface area contributed by atoms with Crippen LogP contribution in [0.4, 0.5) is 18.9 Å². The van der Waals surface area contributed by atoms with Crippen LogP contribution in [0.2, 0.25) is 0 Å². The quantitative estimate of drug-likeness (QED) is 0.732. The summed E-state index contributed by atoms with van der Waals surface area (Å²) in [5, 5.41) is 0. The Bertz CT molecular complexity index is 1020. The summed E-state index contributed by atoms with van der Waals surface area (Å²) in [6.07, 6.45) is -6.49. The van der Waals surface area contributed by atoms with E-state index in [-0.39, 0.29) is 23.5 Å². The van der Waals surface area contributed by atoms with Gasteiger partial charge in [0.1, 0.15) is 6.17 Å². The van der Waals surface area contributed by atoms with Crippen molar-refractivity contribution in [2.75, 3.05) is 32.1 Å². The van der Waals surface area contributed by atoms with Crippen molar-refractivity contribution in [3.63, 3.8) is 0 Å². The Labute approximate surface area is 173 Å². The monoisotopic (exact) mass is 441 g/mol. The van der Waals surface area contributed by atoms with Crippen LogP contribution in [-0.2, 0) is 14.8 Å². The number of hydrogen-bond donors (Lipinski definition) is 0. The molecule has 3 rings (SSSR count). The van der Waals surface area contributed by atoms with Gasteiger partial charge in [-0.1, -0.05) is 29.8 Å². The van der Waals surface area contributed by atoms with Gasteiger partial charge in [0, 0.05) is 32.9 Å². The van der Waals surface area contributed by atoms with Gasteiger partial charge in [-0.05, 0) is 36.8 Å². The molecule has 10 heteroatoms. The van der Waals surface area contributed by atoms with E-state index in [0.717, 1.165) is 15.6 Å². The van der Waals surface area contributed by atoms with Gasteiger partial charge in [-0.15, -0.1) is 0 Å². The summed E-state index contributed by atoms with van der Waals surface area (Å²) in [5.74, 6) is -2.06. The molecule has 0 spiro atoms. The number of amides is 1. The fraction of sp³-hybridized carbons (Fsp3) is 0.350. The number of halogens is 3. The van der Waals surface area contributed by atoms with Gasteiger partial charge in [0.15, 0.2) is 0 Å². The van der Waals surface area contributed by atoms with Crippen LogP contribution in [0.5, 0.6) is 0 Å². The van der Waals surface area contributed by atoms with Crippen molar-refractivity contribution in [2.24, 2.45) is 0 Å². The average Bonchev–Trinajstić information content (AvgIpc) is 3.12. The Balaban J connectivity index is 2.07. The van der Waals surface area contributed by atoms with E-state index < -0.39 is 28.3 Å². The Hall–Kier alpha value is -2.59. The lowest BCUT2D eigenvalue weighted by Crippen LogP contribution is -2.43. The summed E-state index contributed by atoms with van der Waals surface area (Å²) in [5.41, 5.74) is 1.92. The van der Waals surface area contributed by atoms with Crippen molar-refractivity contribution in [3.05, 3.63) is 59.7 Å². The fourth-order valence-corrected chi connectivity index (χ4v) is 4.94. The minimum Gasteiger partial charge on any atom is -0.378 e. The first-order valence-corrected chi connectivity index (χ1v) is 10.6. The van der Waals surface area contributed by atoms with Gasteiger partial charge in [-0.3, -0.25) is 4.79 Å². The van der Waals surface area contributed by atoms with Crippen molar-refractivity contribution in [3.8, 4) is 0 Å². The minimum absolute atomic E-state index is 0.0377. The van der Waals surface area contributed by atoms with E-state index in [1.165, 1.54) is 12.1 Å². The molecule has 0 bridgehead atoms. The van der Waals surface area contributed by atoms with E-state index in [4.69, 9.17) is 0 Å². The fourth-order valence-electron chi connectivity index (χ4n) is 3.37. The molecule has 1 aliphatic heterocycles. The lowest BCUT2D eigenvalue weighted by molar-refractivity contribution is -0.187. The van der Waals surface area contributed by atoms with Crippen LogP contribution in [0, 0.1) is 6.92 Å². The SMILES string of the molecule is Cc1ccc(S(=O)(=O)N2CCN(C(=O)C(F)(F)F)[C@@H]2c2ccc(N(C)C)cc2)cc1. The normalized spacial score (nSPS) is 17.9. The number of alkyl halides is 3. The van der Waals surface area contributed by atoms with Crippen molar-refractivity contribution < 1.29 is 26.4 Å². The second-order valence-electron chi connectivity index (χ2n) is 7.28. The molecule has 1 aliphatic rings. The molecule has 1 saturated heterocycles. The van der Waals surface area contributed by atoms with Crippen LogP contribution in [0.25, 0.3) is 0 Å². The summed E-state index contributed by atoms with van der Waals surface area (Å²) in [4.78, 5) is 14.4. The van der Waals surface area contributed by atoms with Crippen molar-refractivity contribution in [1.82, 2.24) is 9.21 Å². The molecule has 2 aromatic rings. The van der Waals surface area contributed by atoms with E-state index in [9.17, 15) is 26.4 Å². The molecule has 162 valence electrons. The average molecular weight is 441 g/mol. The molecule has 1 atom stereocenters. The second-order valence-corrected chi connectivity index (χ2v) is 9.18. The molecule has 0 N–H and O–H groups in total. The Morgan fingerprint density at radius 3 is 2.07 bits per heavy atom. The highest BCUT2D eigenvalue weighted by molar-refractivity contribution is 7.89. The van der Waals surface area contributed by atoms with Gasteiger partial charge in [-0.25, -0.2) is 8.42 Å². The standard InChI is InChI=1S/C20H22F3N3O3S/c1-14-4-10-17(11-5-14)30(28,29)26-13-12-25(19(27)20(21,22)23)18(26)15-6-8-16(9-7-15)24(2)3/h4-11,18H,12-13H2,1-3H3/t18-/m0/s1. The number of carbonyl (C=O) groups is 1. The lowest BCUT2D eigenvalue weighted by atomic mass is 10.1. The number of carbonyl (C=O) groups excluding carboxylic acids is 1. The summed E-state index contributed by atoms with van der Waals surface area (Å²) < 4.78 is 66.9. The third-order valence-electron chi connectivity index (χ3n) is 4.97. The third-order valence-corrected chi connectivity index (χ3v) is 6.84. The van der Waals surface area contributed by atoms with Crippen molar-refractivity contribution in [2.45, 2.75) is 24.2 Å². The molecule has 30 heavy (non-hydrogen) atoms. The number of anilines is 1. The van der Waals surface area contributed by atoms with Crippen molar-refractivity contribution >= 4 is 21.6 Å². The number of hydrogen-bond acceptors (Lipinski definition) is 4. The molecule has 0 aliphatic carbocycles. The summed E-state index contributed by atoms with van der Waals surface area (Å²) in [6.45, 7) is 1.20. The first-order valence-electron chi connectivity index (χ1n) is 9.16. The first-order chi connectivity index (χ1) is 13.9. The van der Waals surface area contributed by atoms with Crippen LogP contribution in [0.15, 0.2) is 53.4 Å². The van der Waals surface area contributed by atoms with Gasteiger partial charge in [0.25, 0.3) is 0 Å². The highest BCUT2D eigenvalue weighted by atomic mass is 32.2. The molecule has 0 unspecified atom stereocenters. The van der Waals surface area contributed by atoms with E-state index in [2.05, 4.69) is 0 Å². The third kappa shape index (κ3) is 4.15. The van der Waals surface area contributed by atoms with Crippen LogP contribution in [0.1, 0.15) is 17.3 Å². The minimum atomic E-state index is -5.11. The lowest BCUT2D eigenvalue weighted by Gasteiger charge is -2.30. The van der Waals surface area contributed by atoms with Crippen LogP contribution < -0.4 is 4.90 Å². The molecule has 1 amide bonds. The molecule has 6 nitrogen and oxygen atoms in total. The highest BCUT2D eigenvalue weighted by Gasteiger charge is 2.51. The van der Waals surface area contributed by atoms with Crippen LogP contribution >= 0.6 is 0 Å². The smallest absolute Gasteiger partial charge is 0.378 e. The molecule has 0 radical (unpaired) electrons. The summed E-state index contributed by atoms with van der Waals surface area (Å²) in [6, 6.07) is 12.5. The predicted octanol–water partition coefficient (Wildman–Crippen LogP) is 3.16. The molecular formula is C20H22F3N3O3S. The van der Waals surface area contributed by atoms with Gasteiger partial charge >= 0.3 is 12.1 Å². The second kappa shape index (κ2) is 7.92. The first kappa shape index (κ1) is 22.1. The van der Waals surface area contributed by atoms with E-state index in [1.54, 1.807) is 62.3 Å². The van der Waals surface area contributed by atoms with Crippen LogP contribution in [0.3, 0.4) is 0 Å². The zero-order chi connectivity index (χ0) is 22.3. The Morgan fingerprint density at radius 2 is 1.57 bits per heavy atom. The summed E-state index contributed by atoms with van der Waals surface area (Å²) >= 11 is 0.